The van der Waals surface area contributed by atoms with E-state index in [0.29, 0.717) is 17.7 Å². The minimum absolute atomic E-state index is 0.00758. The maximum absolute atomic E-state index is 12.6. The van der Waals surface area contributed by atoms with E-state index in [1.54, 1.807) is 13.0 Å². The number of unbranched alkanes of at least 4 members (excludes halogenated alkanes) is 1. The van der Waals surface area contributed by atoms with E-state index in [9.17, 15) is 14.7 Å². The van der Waals surface area contributed by atoms with E-state index in [4.69, 9.17) is 21.1 Å². The molecule has 3 N–H and O–H groups in total. The smallest absolute Gasteiger partial charge is 0.338 e. The number of carbonyl (C=O) groups is 2. The van der Waals surface area contributed by atoms with Crippen LogP contribution in [0.15, 0.2) is 23.4 Å². The molecule has 0 saturated carbocycles. The van der Waals surface area contributed by atoms with Crippen LogP contribution in [-0.4, -0.2) is 30.8 Å². The topological polar surface area (TPSA) is 96.9 Å². The van der Waals surface area contributed by atoms with Crippen molar-refractivity contribution in [2.75, 3.05) is 13.7 Å². The van der Waals surface area contributed by atoms with Crippen molar-refractivity contribution in [2.45, 2.75) is 39.2 Å². The van der Waals surface area contributed by atoms with E-state index >= 15 is 0 Å². The third-order valence-electron chi connectivity index (χ3n) is 4.07. The normalized spacial score (nSPS) is 16.8. The number of esters is 1. The predicted molar refractivity (Wildman–Crippen MR) is 97.3 cm³/mol. The number of phenolic OH excluding ortho intramolecular Hbond substituents is 1. The fourth-order valence-corrected chi connectivity index (χ4v) is 3.07. The Hall–Kier alpha value is -2.41. The van der Waals surface area contributed by atoms with Crippen LogP contribution in [0.4, 0.5) is 4.79 Å². The number of halogens is 1. The van der Waals surface area contributed by atoms with Gasteiger partial charge in [-0.05, 0) is 25.8 Å². The molecule has 1 unspecified atom stereocenters. The molecule has 1 heterocycles. The van der Waals surface area contributed by atoms with Crippen LogP contribution in [0, 0.1) is 0 Å². The van der Waals surface area contributed by atoms with E-state index in [1.165, 1.54) is 13.2 Å². The highest BCUT2D eigenvalue weighted by Crippen LogP contribution is 2.41. The Bertz CT molecular complexity index is 733. The van der Waals surface area contributed by atoms with Crippen molar-refractivity contribution in [2.24, 2.45) is 0 Å². The zero-order valence-corrected chi connectivity index (χ0v) is 15.8. The summed E-state index contributed by atoms with van der Waals surface area (Å²) in [6.07, 6.45) is 2.22. The fraction of sp³-hybridized carbons (Fsp3) is 0.444. The van der Waals surface area contributed by atoms with Crippen molar-refractivity contribution in [3.8, 4) is 11.5 Å². The molecule has 0 saturated heterocycles. The Labute approximate surface area is 157 Å². The van der Waals surface area contributed by atoms with Gasteiger partial charge in [-0.2, -0.15) is 0 Å². The highest BCUT2D eigenvalue weighted by atomic mass is 35.5. The van der Waals surface area contributed by atoms with Crippen molar-refractivity contribution in [3.63, 3.8) is 0 Å². The van der Waals surface area contributed by atoms with Crippen molar-refractivity contribution < 1.29 is 24.2 Å². The van der Waals surface area contributed by atoms with Gasteiger partial charge in [-0.1, -0.05) is 31.0 Å². The monoisotopic (exact) mass is 382 g/mol. The molecule has 2 rings (SSSR count). The molecule has 1 aliphatic rings. The summed E-state index contributed by atoms with van der Waals surface area (Å²) in [5, 5.41) is 15.6. The first-order chi connectivity index (χ1) is 12.4. The molecule has 1 aliphatic heterocycles. The zero-order valence-electron chi connectivity index (χ0n) is 15.0. The summed E-state index contributed by atoms with van der Waals surface area (Å²) in [5.41, 5.74) is 1.17. The molecule has 0 spiro atoms. The first-order valence-corrected chi connectivity index (χ1v) is 8.85. The van der Waals surface area contributed by atoms with Crippen LogP contribution < -0.4 is 15.4 Å². The number of amides is 2. The number of hydrogen-bond acceptors (Lipinski definition) is 5. The van der Waals surface area contributed by atoms with E-state index in [-0.39, 0.29) is 28.7 Å². The standard InChI is InChI=1S/C18H23ClN2O5/c1-4-6-7-11-13(17(23)26-5-2)15(21-18(24)20-11)10-8-9-12(25-3)16(22)14(10)19/h8-9,15,22H,4-7H2,1-3H3,(H2,20,21,24). The molecule has 7 nitrogen and oxygen atoms in total. The number of ether oxygens (including phenoxy) is 2. The van der Waals surface area contributed by atoms with Gasteiger partial charge in [0.1, 0.15) is 0 Å². The SMILES string of the molecule is CCCCC1=C(C(=O)OCC)C(c2ccc(OC)c(O)c2Cl)NC(=O)N1. The number of carbonyl (C=O) groups excluding carboxylic acids is 2. The molecule has 26 heavy (non-hydrogen) atoms. The minimum atomic E-state index is -0.834. The Kier molecular flexibility index (Phi) is 6.74. The second kappa shape index (κ2) is 8.80. The van der Waals surface area contributed by atoms with Crippen LogP contribution in [0.2, 0.25) is 5.02 Å². The highest BCUT2D eigenvalue weighted by Gasteiger charge is 2.35. The predicted octanol–water partition coefficient (Wildman–Crippen LogP) is 3.42. The number of nitrogens with one attached hydrogen (secondary N) is 2. The van der Waals surface area contributed by atoms with Gasteiger partial charge < -0.3 is 25.2 Å². The fourth-order valence-electron chi connectivity index (χ4n) is 2.80. The summed E-state index contributed by atoms with van der Waals surface area (Å²) in [6.45, 7) is 3.93. The molecule has 1 aromatic carbocycles. The molecule has 1 aromatic rings. The van der Waals surface area contributed by atoms with Crippen molar-refractivity contribution >= 4 is 23.6 Å². The first kappa shape index (κ1) is 19.9. The molecule has 0 aromatic heterocycles. The number of benzene rings is 1. The Morgan fingerprint density at radius 2 is 2.08 bits per heavy atom. The molecule has 2 amide bonds. The molecule has 1 atom stereocenters. The summed E-state index contributed by atoms with van der Waals surface area (Å²) in [5.74, 6) is -0.591. The minimum Gasteiger partial charge on any atom is -0.503 e. The molecule has 0 radical (unpaired) electrons. The van der Waals surface area contributed by atoms with E-state index in [0.717, 1.165) is 12.8 Å². The van der Waals surface area contributed by atoms with Gasteiger partial charge in [0.25, 0.3) is 0 Å². The summed E-state index contributed by atoms with van der Waals surface area (Å²) < 4.78 is 10.2. The lowest BCUT2D eigenvalue weighted by atomic mass is 9.93. The molecule has 0 fully saturated rings. The Morgan fingerprint density at radius 3 is 2.69 bits per heavy atom. The molecule has 142 valence electrons. The summed E-state index contributed by atoms with van der Waals surface area (Å²) in [6, 6.07) is 1.85. The van der Waals surface area contributed by atoms with Gasteiger partial charge in [0.15, 0.2) is 11.5 Å². The number of methoxy groups -OCH3 is 1. The number of phenols is 1. The molecular weight excluding hydrogens is 360 g/mol. The van der Waals surface area contributed by atoms with Gasteiger partial charge in [0.2, 0.25) is 0 Å². The van der Waals surface area contributed by atoms with Gasteiger partial charge >= 0.3 is 12.0 Å². The van der Waals surface area contributed by atoms with Gasteiger partial charge in [-0.15, -0.1) is 0 Å². The number of allylic oxidation sites excluding steroid dienone is 1. The lowest BCUT2D eigenvalue weighted by molar-refractivity contribution is -0.139. The largest absolute Gasteiger partial charge is 0.503 e. The van der Waals surface area contributed by atoms with E-state index in [1.807, 2.05) is 6.92 Å². The second-order valence-electron chi connectivity index (χ2n) is 5.77. The van der Waals surface area contributed by atoms with Crippen LogP contribution in [0.1, 0.15) is 44.7 Å². The third kappa shape index (κ3) is 4.04. The van der Waals surface area contributed by atoms with Gasteiger partial charge in [-0.25, -0.2) is 9.59 Å². The maximum Gasteiger partial charge on any atom is 0.338 e. The van der Waals surface area contributed by atoms with Gasteiger partial charge in [0, 0.05) is 11.3 Å². The second-order valence-corrected chi connectivity index (χ2v) is 6.15. The summed E-state index contributed by atoms with van der Waals surface area (Å²) in [4.78, 5) is 24.7. The van der Waals surface area contributed by atoms with Crippen LogP contribution in [-0.2, 0) is 9.53 Å². The molecular formula is C18H23ClN2O5. The highest BCUT2D eigenvalue weighted by molar-refractivity contribution is 6.33. The van der Waals surface area contributed by atoms with Gasteiger partial charge in [-0.3, -0.25) is 0 Å². The van der Waals surface area contributed by atoms with Crippen molar-refractivity contribution in [3.05, 3.63) is 34.0 Å². The lowest BCUT2D eigenvalue weighted by Crippen LogP contribution is -2.46. The average Bonchev–Trinajstić information content (AvgIpc) is 2.61. The summed E-state index contributed by atoms with van der Waals surface area (Å²) >= 11 is 6.28. The van der Waals surface area contributed by atoms with Crippen LogP contribution >= 0.6 is 11.6 Å². The number of hydrogen-bond donors (Lipinski definition) is 3. The third-order valence-corrected chi connectivity index (χ3v) is 4.47. The Morgan fingerprint density at radius 1 is 1.35 bits per heavy atom. The summed E-state index contributed by atoms with van der Waals surface area (Å²) in [7, 11) is 1.41. The maximum atomic E-state index is 12.6. The van der Waals surface area contributed by atoms with E-state index < -0.39 is 18.0 Å². The number of rotatable bonds is 7. The van der Waals surface area contributed by atoms with Crippen molar-refractivity contribution in [1.82, 2.24) is 10.6 Å². The number of aromatic hydroxyl groups is 1. The zero-order chi connectivity index (χ0) is 19.3. The molecule has 0 aliphatic carbocycles. The quantitative estimate of drug-likeness (QED) is 0.628. The lowest BCUT2D eigenvalue weighted by Gasteiger charge is -2.30. The number of urea groups is 1. The first-order valence-electron chi connectivity index (χ1n) is 8.47. The molecule has 8 heteroatoms. The van der Waals surface area contributed by atoms with E-state index in [2.05, 4.69) is 10.6 Å². The van der Waals surface area contributed by atoms with Gasteiger partial charge in [0.05, 0.1) is 30.4 Å². The Balaban J connectivity index is 2.57. The van der Waals surface area contributed by atoms with Crippen molar-refractivity contribution in [1.29, 1.82) is 0 Å². The van der Waals surface area contributed by atoms with Crippen LogP contribution in [0.25, 0.3) is 0 Å². The van der Waals surface area contributed by atoms with Crippen LogP contribution in [0.5, 0.6) is 11.5 Å². The van der Waals surface area contributed by atoms with Crippen LogP contribution in [0.3, 0.4) is 0 Å². The molecule has 0 bridgehead atoms. The average molecular weight is 383 g/mol.